The first-order valence-electron chi connectivity index (χ1n) is 10.2. The average molecular weight is 474 g/mol. The molecule has 0 atom stereocenters. The van der Waals surface area contributed by atoms with E-state index in [2.05, 4.69) is 14.7 Å². The van der Waals surface area contributed by atoms with Crippen molar-refractivity contribution in [2.45, 2.75) is 19.2 Å². The maximum absolute atomic E-state index is 13.5. The molecule has 0 aliphatic carbocycles. The summed E-state index contributed by atoms with van der Waals surface area (Å²) in [5, 5.41) is 11.4. The predicted molar refractivity (Wildman–Crippen MR) is 123 cm³/mol. The van der Waals surface area contributed by atoms with E-state index < -0.39 is 17.5 Å². The minimum Gasteiger partial charge on any atom is -0.507 e. The number of phenolic OH excluding ortho intramolecular Hbond substituents is 1. The molecule has 1 N–H and O–H groups in total. The van der Waals surface area contributed by atoms with Crippen LogP contribution in [0.4, 0.5) is 13.2 Å². The molecule has 0 amide bonds. The van der Waals surface area contributed by atoms with Crippen molar-refractivity contribution in [1.82, 2.24) is 9.97 Å². The van der Waals surface area contributed by atoms with E-state index in [1.165, 1.54) is 18.3 Å². The van der Waals surface area contributed by atoms with Gasteiger partial charge in [-0.1, -0.05) is 6.07 Å². The smallest absolute Gasteiger partial charge is 0.420 e. The Bertz CT molecular complexity index is 1290. The van der Waals surface area contributed by atoms with Gasteiger partial charge in [0.25, 0.3) is 0 Å². The molecule has 0 bridgehead atoms. The molecular weight excluding hydrogens is 449 g/mol. The number of pyridine rings is 2. The van der Waals surface area contributed by atoms with Gasteiger partial charge in [-0.15, -0.1) is 0 Å². The van der Waals surface area contributed by atoms with Gasteiger partial charge in [0.1, 0.15) is 17.1 Å². The Labute approximate surface area is 194 Å². The Hall–Kier alpha value is -3.43. The number of phenols is 1. The second-order valence-corrected chi connectivity index (χ2v) is 7.53. The van der Waals surface area contributed by atoms with Crippen LogP contribution in [0, 0.1) is 0 Å². The quantitative estimate of drug-likeness (QED) is 0.411. The Morgan fingerprint density at radius 1 is 0.882 bits per heavy atom. The number of rotatable bonds is 5. The Morgan fingerprint density at radius 3 is 2.26 bits per heavy atom. The number of aromatic nitrogens is 2. The molecule has 2 aromatic carbocycles. The average Bonchev–Trinajstić information content (AvgIpc) is 2.79. The lowest BCUT2D eigenvalue weighted by atomic mass is 9.98. The van der Waals surface area contributed by atoms with Gasteiger partial charge in [0.15, 0.2) is 0 Å². The number of hydrogen-bond acceptors (Lipinski definition) is 6. The number of aromatic hydroxyl groups is 1. The van der Waals surface area contributed by atoms with Gasteiger partial charge in [0.05, 0.1) is 24.9 Å². The van der Waals surface area contributed by atoms with Crippen LogP contribution in [0.3, 0.4) is 0 Å². The third-order valence-corrected chi connectivity index (χ3v) is 5.12. The molecule has 0 radical (unpaired) electrons. The number of ether oxygens (including phenoxy) is 3. The van der Waals surface area contributed by atoms with Crippen molar-refractivity contribution in [2.24, 2.45) is 0 Å². The van der Waals surface area contributed by atoms with Crippen molar-refractivity contribution in [3.8, 4) is 11.5 Å². The summed E-state index contributed by atoms with van der Waals surface area (Å²) in [5.41, 5.74) is 1.22. The van der Waals surface area contributed by atoms with E-state index in [0.717, 1.165) is 28.1 Å². The lowest BCUT2D eigenvalue weighted by molar-refractivity contribution is -0.137. The Kier molecular flexibility index (Phi) is 7.90. The monoisotopic (exact) mass is 474 g/mol. The van der Waals surface area contributed by atoms with Crippen LogP contribution in [0.5, 0.6) is 11.5 Å². The molecule has 0 unspecified atom stereocenters. The third kappa shape index (κ3) is 5.37. The fourth-order valence-electron chi connectivity index (χ4n) is 3.70. The van der Waals surface area contributed by atoms with Crippen LogP contribution in [0.1, 0.15) is 22.4 Å². The van der Waals surface area contributed by atoms with Gasteiger partial charge in [-0.05, 0) is 46.8 Å². The molecule has 0 aliphatic heterocycles. The number of hydrogen-bond donors (Lipinski definition) is 1. The van der Waals surface area contributed by atoms with Gasteiger partial charge in [0, 0.05) is 50.9 Å². The highest BCUT2D eigenvalue weighted by Crippen LogP contribution is 2.40. The van der Waals surface area contributed by atoms with Crippen LogP contribution in [0.15, 0.2) is 48.8 Å². The van der Waals surface area contributed by atoms with Crippen LogP contribution in [0.25, 0.3) is 21.7 Å². The zero-order chi connectivity index (χ0) is 24.9. The zero-order valence-electron chi connectivity index (χ0n) is 19.2. The summed E-state index contributed by atoms with van der Waals surface area (Å²) in [7, 11) is 6.40. The Morgan fingerprint density at radius 2 is 1.62 bits per heavy atom. The molecule has 2 heterocycles. The highest BCUT2D eigenvalue weighted by Gasteiger charge is 2.36. The summed E-state index contributed by atoms with van der Waals surface area (Å²) in [4.78, 5) is 8.66. The van der Waals surface area contributed by atoms with E-state index in [1.807, 2.05) is 18.2 Å². The van der Waals surface area contributed by atoms with Crippen molar-refractivity contribution in [3.63, 3.8) is 0 Å². The van der Waals surface area contributed by atoms with E-state index in [-0.39, 0.29) is 10.9 Å². The summed E-state index contributed by atoms with van der Waals surface area (Å²) in [5.74, 6) is -0.149. The molecule has 0 saturated heterocycles. The predicted octanol–water partition coefficient (Wildman–Crippen LogP) is 5.52. The highest BCUT2D eigenvalue weighted by molar-refractivity contribution is 5.89. The lowest BCUT2D eigenvalue weighted by Gasteiger charge is -2.14. The minimum absolute atomic E-state index is 0.139. The molecule has 6 nitrogen and oxygen atoms in total. The van der Waals surface area contributed by atoms with E-state index in [9.17, 15) is 18.3 Å². The van der Waals surface area contributed by atoms with Crippen molar-refractivity contribution < 1.29 is 32.5 Å². The van der Waals surface area contributed by atoms with E-state index in [1.54, 1.807) is 34.6 Å². The van der Waals surface area contributed by atoms with Gasteiger partial charge in [-0.2, -0.15) is 13.2 Å². The number of fused-ring (bicyclic) bond motifs is 2. The molecule has 0 aliphatic rings. The number of halogens is 3. The van der Waals surface area contributed by atoms with E-state index >= 15 is 0 Å². The van der Waals surface area contributed by atoms with Crippen LogP contribution >= 0.6 is 0 Å². The van der Waals surface area contributed by atoms with Crippen molar-refractivity contribution in [1.29, 1.82) is 0 Å². The molecular formula is C25H25F3N2O4. The molecule has 4 aromatic rings. The van der Waals surface area contributed by atoms with Crippen molar-refractivity contribution in [3.05, 3.63) is 71.2 Å². The van der Waals surface area contributed by atoms with E-state index in [0.29, 0.717) is 24.3 Å². The van der Waals surface area contributed by atoms with Crippen LogP contribution < -0.4 is 4.74 Å². The van der Waals surface area contributed by atoms with Crippen LogP contribution in [0.2, 0.25) is 0 Å². The summed E-state index contributed by atoms with van der Waals surface area (Å²) in [6, 6.07) is 9.37. The summed E-state index contributed by atoms with van der Waals surface area (Å²) >= 11 is 0. The maximum Gasteiger partial charge on any atom is 0.420 e. The van der Waals surface area contributed by atoms with Crippen molar-refractivity contribution in [2.75, 3.05) is 28.4 Å². The third-order valence-electron chi connectivity index (χ3n) is 5.12. The molecule has 2 aromatic heterocycles. The van der Waals surface area contributed by atoms with Crippen LogP contribution in [-0.4, -0.2) is 43.5 Å². The van der Waals surface area contributed by atoms with Gasteiger partial charge in [-0.3, -0.25) is 9.97 Å². The van der Waals surface area contributed by atoms with Gasteiger partial charge >= 0.3 is 6.18 Å². The molecule has 180 valence electrons. The summed E-state index contributed by atoms with van der Waals surface area (Å²) in [6.07, 6.45) is -1.14. The summed E-state index contributed by atoms with van der Waals surface area (Å²) < 4.78 is 55.3. The van der Waals surface area contributed by atoms with Crippen molar-refractivity contribution >= 4 is 21.7 Å². The SMILES string of the molecule is COC.COCc1ncc(Cc2cnc3ccc(O)c(C(F)(F)F)c3c2)c2ccc(OC)cc12. The second kappa shape index (κ2) is 10.7. The normalized spacial score (nSPS) is 11.4. The van der Waals surface area contributed by atoms with Gasteiger partial charge in [-0.25, -0.2) is 0 Å². The number of nitrogens with zero attached hydrogens (tertiary/aromatic N) is 2. The van der Waals surface area contributed by atoms with Gasteiger partial charge < -0.3 is 19.3 Å². The first-order chi connectivity index (χ1) is 16.2. The topological polar surface area (TPSA) is 73.7 Å². The maximum atomic E-state index is 13.5. The molecule has 34 heavy (non-hydrogen) atoms. The van der Waals surface area contributed by atoms with Crippen LogP contribution in [-0.2, 0) is 28.7 Å². The fraction of sp³-hybridized carbons (Fsp3) is 0.280. The first-order valence-corrected chi connectivity index (χ1v) is 10.2. The molecule has 9 heteroatoms. The molecule has 4 rings (SSSR count). The number of benzene rings is 2. The number of methoxy groups -OCH3 is 3. The fourth-order valence-corrected chi connectivity index (χ4v) is 3.70. The zero-order valence-corrected chi connectivity index (χ0v) is 19.2. The highest BCUT2D eigenvalue weighted by atomic mass is 19.4. The first kappa shape index (κ1) is 25.2. The summed E-state index contributed by atoms with van der Waals surface area (Å²) in [6.45, 7) is 0.315. The lowest BCUT2D eigenvalue weighted by Crippen LogP contribution is -2.07. The van der Waals surface area contributed by atoms with Gasteiger partial charge in [0.2, 0.25) is 0 Å². The largest absolute Gasteiger partial charge is 0.507 e. The second-order valence-electron chi connectivity index (χ2n) is 7.53. The molecule has 0 saturated carbocycles. The molecule has 0 spiro atoms. The standard InChI is InChI=1S/C23H19F3N2O3.C2H6O/c1-30-12-20-17-9-15(31-2)3-4-16(17)14(11-28-20)7-13-8-18-19(27-10-13)5-6-21(29)22(18)23(24,25)26;1-3-2/h3-6,8-11,29H,7,12H2,1-2H3;1-2H3. The number of alkyl halides is 3. The Balaban J connectivity index is 0.00000103. The minimum atomic E-state index is -4.70. The van der Waals surface area contributed by atoms with E-state index in [4.69, 9.17) is 9.47 Å². The molecule has 0 fully saturated rings.